The van der Waals surface area contributed by atoms with Gasteiger partial charge in [0.25, 0.3) is 5.91 Å². The summed E-state index contributed by atoms with van der Waals surface area (Å²) in [6.45, 7) is 7.40. The molecule has 1 saturated heterocycles. The smallest absolute Gasteiger partial charge is 0.254 e. The third-order valence-electron chi connectivity index (χ3n) is 5.12. The molecule has 2 aromatic heterocycles. The number of benzene rings is 1. The van der Waals surface area contributed by atoms with Gasteiger partial charge in [-0.15, -0.1) is 0 Å². The highest BCUT2D eigenvalue weighted by atomic mass is 16.5. The number of carbonyl (C=O) groups excluding carboxylic acids is 1. The zero-order valence-electron chi connectivity index (χ0n) is 16.0. The molecule has 0 unspecified atom stereocenters. The summed E-state index contributed by atoms with van der Waals surface area (Å²) in [4.78, 5) is 14.9. The molecule has 0 radical (unpaired) electrons. The van der Waals surface area contributed by atoms with Crippen LogP contribution in [0.25, 0.3) is 0 Å². The fourth-order valence-corrected chi connectivity index (χ4v) is 3.77. The van der Waals surface area contributed by atoms with Crippen molar-refractivity contribution in [2.45, 2.75) is 46.2 Å². The highest BCUT2D eigenvalue weighted by Gasteiger charge is 2.33. The number of likely N-dealkylation sites (tertiary alicyclic amines) is 1. The number of carbonyl (C=O) groups is 1. The third-order valence-corrected chi connectivity index (χ3v) is 5.12. The van der Waals surface area contributed by atoms with Crippen molar-refractivity contribution in [3.63, 3.8) is 0 Å². The second-order valence-corrected chi connectivity index (χ2v) is 7.31. The van der Waals surface area contributed by atoms with E-state index in [2.05, 4.69) is 23.2 Å². The van der Waals surface area contributed by atoms with E-state index in [4.69, 9.17) is 4.52 Å². The number of hydrogen-bond acceptors (Lipinski definition) is 4. The Balaban J connectivity index is 1.49. The molecule has 6 nitrogen and oxygen atoms in total. The molecule has 27 heavy (non-hydrogen) atoms. The molecule has 6 heteroatoms. The lowest BCUT2D eigenvalue weighted by molar-refractivity contribution is 0.0714. The first-order valence-electron chi connectivity index (χ1n) is 9.35. The maximum atomic E-state index is 13.0. The normalized spacial score (nSPS) is 16.9. The second kappa shape index (κ2) is 7.02. The molecule has 1 aromatic carbocycles. The Hall–Kier alpha value is -2.89. The van der Waals surface area contributed by atoms with E-state index < -0.39 is 0 Å². The molecule has 3 heterocycles. The molecule has 0 spiro atoms. The first-order valence-corrected chi connectivity index (χ1v) is 9.35. The molecule has 1 atom stereocenters. The molecule has 140 valence electrons. The maximum absolute atomic E-state index is 13.0. The molecule has 4 rings (SSSR count). The zero-order valence-corrected chi connectivity index (χ0v) is 16.0. The number of aromatic nitrogens is 3. The minimum absolute atomic E-state index is 0.0203. The fourth-order valence-electron chi connectivity index (χ4n) is 3.77. The van der Waals surface area contributed by atoms with Gasteiger partial charge in [0.1, 0.15) is 0 Å². The highest BCUT2D eigenvalue weighted by Crippen LogP contribution is 2.33. The van der Waals surface area contributed by atoms with Crippen molar-refractivity contribution >= 4 is 5.91 Å². The minimum Gasteiger partial charge on any atom is -0.359 e. The SMILES string of the molecule is Cc1cc([C@H]2CCCN2C(=O)c2ccc(Cn3nc(C)cc3C)cc2)on1. The van der Waals surface area contributed by atoms with Gasteiger partial charge in [-0.25, -0.2) is 0 Å². The van der Waals surface area contributed by atoms with Gasteiger partial charge in [-0.1, -0.05) is 17.3 Å². The topological polar surface area (TPSA) is 64.2 Å². The lowest BCUT2D eigenvalue weighted by Gasteiger charge is -2.22. The van der Waals surface area contributed by atoms with Gasteiger partial charge in [0.15, 0.2) is 5.76 Å². The largest absolute Gasteiger partial charge is 0.359 e. The molecule has 0 saturated carbocycles. The Morgan fingerprint density at radius 2 is 1.93 bits per heavy atom. The van der Waals surface area contributed by atoms with E-state index >= 15 is 0 Å². The average molecular weight is 364 g/mol. The standard InChI is InChI=1S/C21H24N4O2/c1-14-11-16(3)25(22-14)13-17-6-8-18(9-7-17)21(26)24-10-4-5-19(24)20-12-15(2)23-27-20/h6-9,11-12,19H,4-5,10,13H2,1-3H3/t19-/m1/s1. The van der Waals surface area contributed by atoms with Gasteiger partial charge in [-0.3, -0.25) is 9.48 Å². The Morgan fingerprint density at radius 1 is 1.15 bits per heavy atom. The lowest BCUT2D eigenvalue weighted by atomic mass is 10.1. The molecule has 1 fully saturated rings. The van der Waals surface area contributed by atoms with Gasteiger partial charge < -0.3 is 9.42 Å². The van der Waals surface area contributed by atoms with Gasteiger partial charge in [0.2, 0.25) is 0 Å². The van der Waals surface area contributed by atoms with Crippen molar-refractivity contribution in [3.8, 4) is 0 Å². The summed E-state index contributed by atoms with van der Waals surface area (Å²) in [6.07, 6.45) is 1.89. The molecule has 1 aliphatic heterocycles. The van der Waals surface area contributed by atoms with Crippen LogP contribution >= 0.6 is 0 Å². The Morgan fingerprint density at radius 3 is 2.56 bits per heavy atom. The van der Waals surface area contributed by atoms with Crippen molar-refractivity contribution in [1.29, 1.82) is 0 Å². The monoisotopic (exact) mass is 364 g/mol. The van der Waals surface area contributed by atoms with Gasteiger partial charge >= 0.3 is 0 Å². The Bertz CT molecular complexity index is 955. The van der Waals surface area contributed by atoms with Crippen molar-refractivity contribution in [1.82, 2.24) is 19.8 Å². The van der Waals surface area contributed by atoms with E-state index in [1.807, 2.05) is 53.8 Å². The predicted molar refractivity (Wildman–Crippen MR) is 101 cm³/mol. The van der Waals surface area contributed by atoms with E-state index in [0.29, 0.717) is 12.1 Å². The summed E-state index contributed by atoms with van der Waals surface area (Å²) in [5.41, 5.74) is 4.83. The molecule has 1 amide bonds. The van der Waals surface area contributed by atoms with Crippen LogP contribution in [0.5, 0.6) is 0 Å². The van der Waals surface area contributed by atoms with Gasteiger partial charge in [0, 0.05) is 23.9 Å². The molecular weight excluding hydrogens is 340 g/mol. The summed E-state index contributed by atoms with van der Waals surface area (Å²) >= 11 is 0. The quantitative estimate of drug-likeness (QED) is 0.706. The van der Waals surface area contributed by atoms with E-state index in [0.717, 1.165) is 47.8 Å². The molecule has 0 N–H and O–H groups in total. The minimum atomic E-state index is -0.0203. The Kier molecular flexibility index (Phi) is 4.56. The number of rotatable bonds is 4. The summed E-state index contributed by atoms with van der Waals surface area (Å²) in [5.74, 6) is 0.823. The maximum Gasteiger partial charge on any atom is 0.254 e. The summed E-state index contributed by atoms with van der Waals surface area (Å²) in [5, 5.41) is 8.46. The summed E-state index contributed by atoms with van der Waals surface area (Å²) < 4.78 is 7.39. The van der Waals surface area contributed by atoms with Crippen LogP contribution in [0.4, 0.5) is 0 Å². The van der Waals surface area contributed by atoms with Crippen molar-refractivity contribution < 1.29 is 9.32 Å². The fraction of sp³-hybridized carbons (Fsp3) is 0.381. The van der Waals surface area contributed by atoms with E-state index in [1.165, 1.54) is 0 Å². The van der Waals surface area contributed by atoms with Crippen LogP contribution in [0.2, 0.25) is 0 Å². The van der Waals surface area contributed by atoms with Gasteiger partial charge in [0.05, 0.1) is 24.0 Å². The van der Waals surface area contributed by atoms with E-state index in [1.54, 1.807) is 0 Å². The van der Waals surface area contributed by atoms with Gasteiger partial charge in [-0.05, 0) is 57.4 Å². The van der Waals surface area contributed by atoms with Crippen molar-refractivity contribution in [3.05, 3.63) is 70.4 Å². The molecule has 0 aliphatic carbocycles. The summed E-state index contributed by atoms with van der Waals surface area (Å²) in [7, 11) is 0. The average Bonchev–Trinajstić information content (AvgIpc) is 3.35. The molecule has 1 aliphatic rings. The predicted octanol–water partition coefficient (Wildman–Crippen LogP) is 3.82. The third kappa shape index (κ3) is 3.52. The number of hydrogen-bond donors (Lipinski definition) is 0. The zero-order chi connectivity index (χ0) is 19.0. The van der Waals surface area contributed by atoms with Crippen LogP contribution in [0.3, 0.4) is 0 Å². The van der Waals surface area contributed by atoms with Crippen LogP contribution in [0.1, 0.15) is 57.6 Å². The molecular formula is C21H24N4O2. The molecule has 3 aromatic rings. The first-order chi connectivity index (χ1) is 13.0. The van der Waals surface area contributed by atoms with Crippen LogP contribution in [-0.2, 0) is 6.54 Å². The molecule has 0 bridgehead atoms. The first kappa shape index (κ1) is 17.5. The highest BCUT2D eigenvalue weighted by molar-refractivity contribution is 5.94. The van der Waals surface area contributed by atoms with E-state index in [9.17, 15) is 4.79 Å². The van der Waals surface area contributed by atoms with Crippen LogP contribution in [0, 0.1) is 20.8 Å². The summed E-state index contributed by atoms with van der Waals surface area (Å²) in [6, 6.07) is 11.8. The Labute approximate surface area is 158 Å². The van der Waals surface area contributed by atoms with Crippen LogP contribution < -0.4 is 0 Å². The van der Waals surface area contributed by atoms with Crippen LogP contribution in [-0.4, -0.2) is 32.3 Å². The van der Waals surface area contributed by atoms with Gasteiger partial charge in [-0.2, -0.15) is 5.10 Å². The van der Waals surface area contributed by atoms with Crippen molar-refractivity contribution in [2.75, 3.05) is 6.54 Å². The van der Waals surface area contributed by atoms with Crippen LogP contribution in [0.15, 0.2) is 40.9 Å². The number of nitrogens with zero attached hydrogens (tertiary/aromatic N) is 4. The number of amides is 1. The second-order valence-electron chi connectivity index (χ2n) is 7.31. The van der Waals surface area contributed by atoms with E-state index in [-0.39, 0.29) is 11.9 Å². The van der Waals surface area contributed by atoms with Crippen molar-refractivity contribution in [2.24, 2.45) is 0 Å². The lowest BCUT2D eigenvalue weighted by Crippen LogP contribution is -2.30. The number of aryl methyl sites for hydroxylation is 3.